The maximum Gasteiger partial charge on any atom is 0.121 e. The van der Waals surface area contributed by atoms with Crippen LogP contribution in [-0.2, 0) is 0 Å². The predicted molar refractivity (Wildman–Crippen MR) is 144 cm³/mol. The molecule has 0 amide bonds. The van der Waals surface area contributed by atoms with Gasteiger partial charge in [0.15, 0.2) is 0 Å². The predicted octanol–water partition coefficient (Wildman–Crippen LogP) is 4.89. The SMILES string of the molecule is COc1cc(N2CCN(C3CCN(c4ccc(C)c5cccnc45)CC3)CC2)c2ncccc2c1. The summed E-state index contributed by atoms with van der Waals surface area (Å²) in [5.41, 5.74) is 5.97. The Kier molecular flexibility index (Phi) is 5.90. The molecule has 2 fully saturated rings. The minimum Gasteiger partial charge on any atom is -0.497 e. The number of piperazine rings is 1. The zero-order valence-corrected chi connectivity index (χ0v) is 20.7. The number of fused-ring (bicyclic) bond motifs is 2. The van der Waals surface area contributed by atoms with E-state index in [1.165, 1.54) is 35.2 Å². The Bertz CT molecular complexity index is 1340. The second-order valence-electron chi connectivity index (χ2n) is 9.76. The summed E-state index contributed by atoms with van der Waals surface area (Å²) in [4.78, 5) is 17.1. The highest BCUT2D eigenvalue weighted by Crippen LogP contribution is 2.33. The highest BCUT2D eigenvalue weighted by Gasteiger charge is 2.29. The summed E-state index contributed by atoms with van der Waals surface area (Å²) in [6, 6.07) is 17.7. The van der Waals surface area contributed by atoms with E-state index in [1.807, 2.05) is 24.5 Å². The van der Waals surface area contributed by atoms with Crippen molar-refractivity contribution in [1.29, 1.82) is 0 Å². The first-order valence-electron chi connectivity index (χ1n) is 12.7. The molecule has 0 spiro atoms. The molecule has 2 aliphatic rings. The lowest BCUT2D eigenvalue weighted by atomic mass is 10.00. The second kappa shape index (κ2) is 9.34. The summed E-state index contributed by atoms with van der Waals surface area (Å²) in [6.07, 6.45) is 6.20. The van der Waals surface area contributed by atoms with Gasteiger partial charge >= 0.3 is 0 Å². The van der Waals surface area contributed by atoms with Gasteiger partial charge in [-0.05, 0) is 49.6 Å². The van der Waals surface area contributed by atoms with Crippen molar-refractivity contribution >= 4 is 33.2 Å². The zero-order chi connectivity index (χ0) is 23.8. The smallest absolute Gasteiger partial charge is 0.121 e. The Morgan fingerprint density at radius 2 is 1.49 bits per heavy atom. The van der Waals surface area contributed by atoms with Crippen LogP contribution in [-0.4, -0.2) is 67.3 Å². The molecule has 35 heavy (non-hydrogen) atoms. The van der Waals surface area contributed by atoms with Gasteiger partial charge in [-0.1, -0.05) is 18.2 Å². The van der Waals surface area contributed by atoms with Crippen LogP contribution in [0.2, 0.25) is 0 Å². The number of aryl methyl sites for hydroxylation is 1. The van der Waals surface area contributed by atoms with Crippen molar-refractivity contribution < 1.29 is 4.74 Å². The molecule has 0 atom stereocenters. The fraction of sp³-hybridized carbons (Fsp3) is 0.379. The average molecular weight is 468 g/mol. The molecule has 0 N–H and O–H groups in total. The van der Waals surface area contributed by atoms with Gasteiger partial charge in [-0.15, -0.1) is 0 Å². The number of aromatic nitrogens is 2. The van der Waals surface area contributed by atoms with E-state index < -0.39 is 0 Å². The highest BCUT2D eigenvalue weighted by molar-refractivity contribution is 5.93. The largest absolute Gasteiger partial charge is 0.497 e. The van der Waals surface area contributed by atoms with Crippen LogP contribution in [0.1, 0.15) is 18.4 Å². The normalized spacial score (nSPS) is 17.9. The summed E-state index contributed by atoms with van der Waals surface area (Å²) in [5, 5.41) is 2.40. The van der Waals surface area contributed by atoms with Crippen molar-refractivity contribution in [3.05, 3.63) is 66.5 Å². The summed E-state index contributed by atoms with van der Waals surface area (Å²) < 4.78 is 5.58. The topological polar surface area (TPSA) is 44.7 Å². The molecule has 2 aliphatic heterocycles. The standard InChI is InChI=1S/C29H33N5O/c1-21-7-8-26(29-25(21)6-4-12-31-29)33-13-9-23(10-14-33)32-15-17-34(18-16-32)27-20-24(35-2)19-22-5-3-11-30-28(22)27/h3-8,11-12,19-20,23H,9-10,13-18H2,1-2H3. The maximum absolute atomic E-state index is 5.58. The van der Waals surface area contributed by atoms with Crippen molar-refractivity contribution in [3.63, 3.8) is 0 Å². The maximum atomic E-state index is 5.58. The Balaban J connectivity index is 1.12. The van der Waals surface area contributed by atoms with E-state index in [0.717, 1.165) is 61.4 Å². The number of hydrogen-bond acceptors (Lipinski definition) is 6. The van der Waals surface area contributed by atoms with Crippen molar-refractivity contribution in [2.45, 2.75) is 25.8 Å². The third-order valence-corrected chi connectivity index (χ3v) is 7.84. The Morgan fingerprint density at radius 1 is 0.771 bits per heavy atom. The number of ether oxygens (including phenoxy) is 1. The monoisotopic (exact) mass is 467 g/mol. The van der Waals surface area contributed by atoms with E-state index in [-0.39, 0.29) is 0 Å². The molecular formula is C29H33N5O. The quantitative estimate of drug-likeness (QED) is 0.426. The van der Waals surface area contributed by atoms with Crippen LogP contribution in [0, 0.1) is 6.92 Å². The molecule has 4 aromatic rings. The third kappa shape index (κ3) is 4.16. The van der Waals surface area contributed by atoms with E-state index in [4.69, 9.17) is 9.72 Å². The van der Waals surface area contributed by atoms with Crippen LogP contribution in [0.25, 0.3) is 21.8 Å². The molecule has 0 aliphatic carbocycles. The van der Waals surface area contributed by atoms with Crippen LogP contribution >= 0.6 is 0 Å². The van der Waals surface area contributed by atoms with Gasteiger partial charge in [0.05, 0.1) is 29.5 Å². The first-order chi connectivity index (χ1) is 17.2. The van der Waals surface area contributed by atoms with Gasteiger partial charge in [-0.25, -0.2) is 0 Å². The van der Waals surface area contributed by atoms with Gasteiger partial charge in [0, 0.05) is 74.5 Å². The first kappa shape index (κ1) is 22.1. The summed E-state index contributed by atoms with van der Waals surface area (Å²) in [5.74, 6) is 0.897. The van der Waals surface area contributed by atoms with E-state index in [9.17, 15) is 0 Å². The molecule has 0 unspecified atom stereocenters. The molecule has 2 aromatic carbocycles. The fourth-order valence-electron chi connectivity index (χ4n) is 5.86. The number of methoxy groups -OCH3 is 1. The minimum atomic E-state index is 0.651. The number of piperidine rings is 1. The summed E-state index contributed by atoms with van der Waals surface area (Å²) >= 11 is 0. The number of pyridine rings is 2. The molecule has 2 aromatic heterocycles. The Hall–Kier alpha value is -3.38. The second-order valence-corrected chi connectivity index (χ2v) is 9.76. The molecule has 4 heterocycles. The Morgan fingerprint density at radius 3 is 2.26 bits per heavy atom. The molecule has 6 nitrogen and oxygen atoms in total. The lowest BCUT2D eigenvalue weighted by molar-refractivity contribution is 0.160. The minimum absolute atomic E-state index is 0.651. The molecule has 6 rings (SSSR count). The van der Waals surface area contributed by atoms with Crippen molar-refractivity contribution in [3.8, 4) is 5.75 Å². The van der Waals surface area contributed by atoms with Crippen LogP contribution in [0.5, 0.6) is 5.75 Å². The fourth-order valence-corrected chi connectivity index (χ4v) is 5.86. The molecule has 0 bridgehead atoms. The first-order valence-corrected chi connectivity index (χ1v) is 12.7. The molecule has 0 radical (unpaired) electrons. The van der Waals surface area contributed by atoms with Crippen LogP contribution in [0.3, 0.4) is 0 Å². The molecule has 6 heteroatoms. The number of benzene rings is 2. The van der Waals surface area contributed by atoms with Crippen molar-refractivity contribution in [2.75, 3.05) is 56.2 Å². The number of hydrogen-bond donors (Lipinski definition) is 0. The van der Waals surface area contributed by atoms with Gasteiger partial charge in [-0.3, -0.25) is 14.9 Å². The van der Waals surface area contributed by atoms with Gasteiger partial charge in [0.1, 0.15) is 5.75 Å². The van der Waals surface area contributed by atoms with Gasteiger partial charge < -0.3 is 14.5 Å². The number of rotatable bonds is 4. The third-order valence-electron chi connectivity index (χ3n) is 7.84. The van der Waals surface area contributed by atoms with Crippen molar-refractivity contribution in [1.82, 2.24) is 14.9 Å². The van der Waals surface area contributed by atoms with Gasteiger partial charge in [-0.2, -0.15) is 0 Å². The Labute approximate surface area is 207 Å². The zero-order valence-electron chi connectivity index (χ0n) is 20.7. The van der Waals surface area contributed by atoms with E-state index in [1.54, 1.807) is 7.11 Å². The summed E-state index contributed by atoms with van der Waals surface area (Å²) in [6.45, 7) is 8.56. The van der Waals surface area contributed by atoms with E-state index in [0.29, 0.717) is 6.04 Å². The molecule has 180 valence electrons. The molecule has 2 saturated heterocycles. The highest BCUT2D eigenvalue weighted by atomic mass is 16.5. The lowest BCUT2D eigenvalue weighted by Crippen LogP contribution is -2.53. The lowest BCUT2D eigenvalue weighted by Gasteiger charge is -2.44. The van der Waals surface area contributed by atoms with Crippen LogP contribution in [0.4, 0.5) is 11.4 Å². The average Bonchev–Trinajstić information content (AvgIpc) is 2.93. The van der Waals surface area contributed by atoms with Crippen LogP contribution in [0.15, 0.2) is 60.9 Å². The summed E-state index contributed by atoms with van der Waals surface area (Å²) in [7, 11) is 1.74. The number of nitrogens with zero attached hydrogens (tertiary/aromatic N) is 5. The van der Waals surface area contributed by atoms with Gasteiger partial charge in [0.25, 0.3) is 0 Å². The van der Waals surface area contributed by atoms with Gasteiger partial charge in [0.2, 0.25) is 0 Å². The number of anilines is 2. The molecular weight excluding hydrogens is 434 g/mol. The molecule has 0 saturated carbocycles. The van der Waals surface area contributed by atoms with E-state index in [2.05, 4.69) is 63.0 Å². The van der Waals surface area contributed by atoms with Crippen LogP contribution < -0.4 is 14.5 Å². The van der Waals surface area contributed by atoms with E-state index >= 15 is 0 Å². The van der Waals surface area contributed by atoms with Crippen molar-refractivity contribution in [2.24, 2.45) is 0 Å².